The maximum atomic E-state index is 12.1. The van der Waals surface area contributed by atoms with E-state index in [4.69, 9.17) is 14.2 Å². The van der Waals surface area contributed by atoms with E-state index in [1.807, 2.05) is 6.07 Å². The minimum atomic E-state index is -0.603. The highest BCUT2D eigenvalue weighted by Crippen LogP contribution is 2.27. The molecule has 8 nitrogen and oxygen atoms in total. The number of ether oxygens (including phenoxy) is 3. The summed E-state index contributed by atoms with van der Waals surface area (Å²) in [5.41, 5.74) is 2.38. The fraction of sp³-hybridized carbons (Fsp3) is 0.200. The predicted molar refractivity (Wildman–Crippen MR) is 101 cm³/mol. The van der Waals surface area contributed by atoms with Gasteiger partial charge in [0.05, 0.1) is 30.8 Å². The van der Waals surface area contributed by atoms with Crippen LogP contribution >= 0.6 is 0 Å². The lowest BCUT2D eigenvalue weighted by molar-refractivity contribution is -0.124. The first-order chi connectivity index (χ1) is 13.6. The number of benzene rings is 2. The number of methoxy groups -OCH3 is 2. The number of rotatable bonds is 7. The number of carbonyl (C=O) groups is 2. The van der Waals surface area contributed by atoms with Crippen LogP contribution in [0, 0.1) is 0 Å². The van der Waals surface area contributed by atoms with E-state index < -0.39 is 11.9 Å². The summed E-state index contributed by atoms with van der Waals surface area (Å²) in [5, 5.41) is 2.69. The van der Waals surface area contributed by atoms with Crippen molar-refractivity contribution < 1.29 is 23.8 Å². The first-order valence-electron chi connectivity index (χ1n) is 8.46. The van der Waals surface area contributed by atoms with Gasteiger partial charge in [-0.3, -0.25) is 14.8 Å². The third-order valence-electron chi connectivity index (χ3n) is 3.98. The Hall–Kier alpha value is -3.68. The van der Waals surface area contributed by atoms with Crippen molar-refractivity contribution in [2.24, 2.45) is 0 Å². The molecule has 1 aromatic heterocycles. The van der Waals surface area contributed by atoms with Gasteiger partial charge in [-0.05, 0) is 35.9 Å². The molecular formula is C20H19N3O5. The molecule has 0 saturated heterocycles. The lowest BCUT2D eigenvalue weighted by Gasteiger charge is -2.10. The van der Waals surface area contributed by atoms with Crippen molar-refractivity contribution in [2.75, 3.05) is 20.8 Å². The molecule has 1 heterocycles. The van der Waals surface area contributed by atoms with Gasteiger partial charge in [-0.1, -0.05) is 6.07 Å². The van der Waals surface area contributed by atoms with Crippen molar-refractivity contribution in [3.8, 4) is 11.5 Å². The molecule has 0 fully saturated rings. The molecule has 0 aliphatic rings. The zero-order chi connectivity index (χ0) is 19.9. The number of carbonyl (C=O) groups excluding carboxylic acids is 2. The molecule has 1 N–H and O–H groups in total. The molecule has 3 rings (SSSR count). The summed E-state index contributed by atoms with van der Waals surface area (Å²) in [6.45, 7) is -0.118. The van der Waals surface area contributed by atoms with Crippen LogP contribution in [-0.2, 0) is 16.1 Å². The Bertz CT molecular complexity index is 1010. The second-order valence-corrected chi connectivity index (χ2v) is 5.80. The van der Waals surface area contributed by atoms with Crippen LogP contribution < -0.4 is 14.8 Å². The molecule has 28 heavy (non-hydrogen) atoms. The van der Waals surface area contributed by atoms with Gasteiger partial charge in [-0.2, -0.15) is 0 Å². The largest absolute Gasteiger partial charge is 0.493 e. The topological polar surface area (TPSA) is 99.6 Å². The summed E-state index contributed by atoms with van der Waals surface area (Å²) >= 11 is 0. The summed E-state index contributed by atoms with van der Waals surface area (Å²) in [6.07, 6.45) is 3.11. The summed E-state index contributed by atoms with van der Waals surface area (Å²) in [6, 6.07) is 10.2. The molecule has 0 radical (unpaired) electrons. The number of esters is 1. The van der Waals surface area contributed by atoms with Gasteiger partial charge in [0.25, 0.3) is 5.91 Å². The highest BCUT2D eigenvalue weighted by atomic mass is 16.5. The molecule has 8 heteroatoms. The van der Waals surface area contributed by atoms with Gasteiger partial charge < -0.3 is 19.5 Å². The minimum absolute atomic E-state index is 0.266. The molecule has 0 unspecified atom stereocenters. The molecule has 0 atom stereocenters. The third kappa shape index (κ3) is 4.53. The van der Waals surface area contributed by atoms with Crippen molar-refractivity contribution in [3.05, 3.63) is 59.9 Å². The smallest absolute Gasteiger partial charge is 0.338 e. The Morgan fingerprint density at radius 3 is 2.43 bits per heavy atom. The SMILES string of the molecule is COc1ccc(CNC(=O)COC(=O)c2ccc3nccnc3c2)cc1OC. The molecule has 0 bridgehead atoms. The molecule has 1 amide bonds. The molecule has 0 spiro atoms. The quantitative estimate of drug-likeness (QED) is 0.626. The second-order valence-electron chi connectivity index (χ2n) is 5.80. The van der Waals surface area contributed by atoms with E-state index in [1.165, 1.54) is 7.11 Å². The van der Waals surface area contributed by atoms with Crippen LogP contribution in [0.5, 0.6) is 11.5 Å². The minimum Gasteiger partial charge on any atom is -0.493 e. The van der Waals surface area contributed by atoms with Gasteiger partial charge in [0.2, 0.25) is 0 Å². The van der Waals surface area contributed by atoms with Crippen LogP contribution in [0.25, 0.3) is 11.0 Å². The Morgan fingerprint density at radius 1 is 0.929 bits per heavy atom. The average Bonchev–Trinajstić information content (AvgIpc) is 2.75. The molecular weight excluding hydrogens is 362 g/mol. The summed E-state index contributed by atoms with van der Waals surface area (Å²) in [7, 11) is 3.09. The van der Waals surface area contributed by atoms with Crippen LogP contribution in [0.3, 0.4) is 0 Å². The van der Waals surface area contributed by atoms with Crippen molar-refractivity contribution >= 4 is 22.9 Å². The first kappa shape index (κ1) is 19.1. The number of nitrogens with one attached hydrogen (secondary N) is 1. The second kappa shape index (κ2) is 8.81. The van der Waals surface area contributed by atoms with E-state index in [2.05, 4.69) is 15.3 Å². The fourth-order valence-corrected chi connectivity index (χ4v) is 2.55. The van der Waals surface area contributed by atoms with Crippen LogP contribution in [0.4, 0.5) is 0 Å². The maximum absolute atomic E-state index is 12.1. The van der Waals surface area contributed by atoms with Crippen LogP contribution in [0.15, 0.2) is 48.8 Å². The number of aromatic nitrogens is 2. The third-order valence-corrected chi connectivity index (χ3v) is 3.98. The average molecular weight is 381 g/mol. The van der Waals surface area contributed by atoms with E-state index in [0.717, 1.165) is 5.56 Å². The van der Waals surface area contributed by atoms with E-state index in [-0.39, 0.29) is 13.2 Å². The predicted octanol–water partition coefficient (Wildman–Crippen LogP) is 2.12. The van der Waals surface area contributed by atoms with Gasteiger partial charge in [-0.25, -0.2) is 4.79 Å². The molecule has 3 aromatic rings. The standard InChI is InChI=1S/C20H19N3O5/c1-26-17-6-3-13(9-18(17)27-2)11-23-19(24)12-28-20(25)14-4-5-15-16(10-14)22-8-7-21-15/h3-10H,11-12H2,1-2H3,(H,23,24). The maximum Gasteiger partial charge on any atom is 0.338 e. The lowest BCUT2D eigenvalue weighted by Crippen LogP contribution is -2.28. The molecule has 0 saturated carbocycles. The van der Waals surface area contributed by atoms with E-state index in [9.17, 15) is 9.59 Å². The zero-order valence-electron chi connectivity index (χ0n) is 15.5. The van der Waals surface area contributed by atoms with Gasteiger partial charge in [0.15, 0.2) is 18.1 Å². The lowest BCUT2D eigenvalue weighted by atomic mass is 10.2. The molecule has 2 aromatic carbocycles. The Balaban J connectivity index is 1.52. The number of fused-ring (bicyclic) bond motifs is 1. The summed E-state index contributed by atoms with van der Waals surface area (Å²) in [5.74, 6) is 0.157. The number of hydrogen-bond acceptors (Lipinski definition) is 7. The zero-order valence-corrected chi connectivity index (χ0v) is 15.5. The molecule has 144 valence electrons. The van der Waals surface area contributed by atoms with Gasteiger partial charge in [0.1, 0.15) is 0 Å². The van der Waals surface area contributed by atoms with Crippen molar-refractivity contribution in [2.45, 2.75) is 6.54 Å². The van der Waals surface area contributed by atoms with Crippen LogP contribution in [-0.4, -0.2) is 42.7 Å². The van der Waals surface area contributed by atoms with Crippen LogP contribution in [0.1, 0.15) is 15.9 Å². The van der Waals surface area contributed by atoms with E-state index in [1.54, 1.807) is 49.8 Å². The number of amides is 1. The Kier molecular flexibility index (Phi) is 6.01. The van der Waals surface area contributed by atoms with Crippen molar-refractivity contribution in [1.82, 2.24) is 15.3 Å². The van der Waals surface area contributed by atoms with Crippen molar-refractivity contribution in [1.29, 1.82) is 0 Å². The molecule has 0 aliphatic carbocycles. The van der Waals surface area contributed by atoms with Crippen molar-refractivity contribution in [3.63, 3.8) is 0 Å². The van der Waals surface area contributed by atoms with Gasteiger partial charge in [-0.15, -0.1) is 0 Å². The number of nitrogens with zero attached hydrogens (tertiary/aromatic N) is 2. The monoisotopic (exact) mass is 381 g/mol. The Morgan fingerprint density at radius 2 is 1.68 bits per heavy atom. The Labute approximate surface area is 161 Å². The van der Waals surface area contributed by atoms with Gasteiger partial charge >= 0.3 is 5.97 Å². The van der Waals surface area contributed by atoms with E-state index in [0.29, 0.717) is 28.1 Å². The van der Waals surface area contributed by atoms with Crippen LogP contribution in [0.2, 0.25) is 0 Å². The normalized spacial score (nSPS) is 10.4. The highest BCUT2D eigenvalue weighted by Gasteiger charge is 2.12. The fourth-order valence-electron chi connectivity index (χ4n) is 2.55. The first-order valence-corrected chi connectivity index (χ1v) is 8.46. The summed E-state index contributed by atoms with van der Waals surface area (Å²) in [4.78, 5) is 32.4. The molecule has 0 aliphatic heterocycles. The van der Waals surface area contributed by atoms with Gasteiger partial charge in [0, 0.05) is 18.9 Å². The summed E-state index contributed by atoms with van der Waals surface area (Å²) < 4.78 is 15.5. The highest BCUT2D eigenvalue weighted by molar-refractivity contribution is 5.94. The number of hydrogen-bond donors (Lipinski definition) is 1. The van der Waals surface area contributed by atoms with E-state index >= 15 is 0 Å².